The van der Waals surface area contributed by atoms with Gasteiger partial charge in [0.15, 0.2) is 11.0 Å². The smallest absolute Gasteiger partial charge is 0.321 e. The highest BCUT2D eigenvalue weighted by Gasteiger charge is 2.22. The summed E-state index contributed by atoms with van der Waals surface area (Å²) >= 11 is 2.86. The number of aromatic nitrogens is 3. The van der Waals surface area contributed by atoms with E-state index in [9.17, 15) is 9.59 Å². The first kappa shape index (κ1) is 19.1. The van der Waals surface area contributed by atoms with Crippen molar-refractivity contribution in [2.75, 3.05) is 7.05 Å². The third-order valence-electron chi connectivity index (χ3n) is 3.76. The van der Waals surface area contributed by atoms with Crippen molar-refractivity contribution in [3.63, 3.8) is 0 Å². The molecule has 27 heavy (non-hydrogen) atoms. The minimum atomic E-state index is -0.530. The van der Waals surface area contributed by atoms with Gasteiger partial charge in [0, 0.05) is 7.05 Å². The topological polar surface area (TPSA) is 88.9 Å². The fraction of sp³-hybridized carbons (Fsp3) is 0.222. The highest BCUT2D eigenvalue weighted by Crippen LogP contribution is 2.30. The lowest BCUT2D eigenvalue weighted by Crippen LogP contribution is -2.41. The van der Waals surface area contributed by atoms with Crippen LogP contribution in [-0.4, -0.2) is 39.0 Å². The van der Waals surface area contributed by atoms with Crippen LogP contribution in [0.4, 0.5) is 4.79 Å². The molecule has 3 rings (SSSR count). The molecule has 0 saturated carbocycles. The van der Waals surface area contributed by atoms with E-state index < -0.39 is 11.3 Å². The van der Waals surface area contributed by atoms with Crippen LogP contribution >= 0.6 is 23.1 Å². The Labute approximate surface area is 165 Å². The molecule has 7 nitrogen and oxygen atoms in total. The standard InChI is InChI=1S/C18H19N5O2S2/c1-12(16(24)20-17(25)19-2)27-18-22-21-15(14-9-6-10-26-14)23(18)11-13-7-4-3-5-8-13/h3-10,12H,11H2,1-2H3,(H2,19,20,24,25). The Balaban J connectivity index is 1.86. The SMILES string of the molecule is CNC(=O)NC(=O)C(C)Sc1nnc(-c2cccs2)n1Cc1ccccc1. The molecule has 0 aliphatic carbocycles. The maximum absolute atomic E-state index is 12.2. The summed E-state index contributed by atoms with van der Waals surface area (Å²) < 4.78 is 2.00. The van der Waals surface area contributed by atoms with Crippen LogP contribution in [0.5, 0.6) is 0 Å². The Hall–Kier alpha value is -2.65. The predicted molar refractivity (Wildman–Crippen MR) is 107 cm³/mol. The van der Waals surface area contributed by atoms with Crippen LogP contribution in [0.2, 0.25) is 0 Å². The van der Waals surface area contributed by atoms with Crippen LogP contribution in [0, 0.1) is 0 Å². The summed E-state index contributed by atoms with van der Waals surface area (Å²) in [5, 5.41) is 15.4. The van der Waals surface area contributed by atoms with E-state index in [4.69, 9.17) is 0 Å². The third-order valence-corrected chi connectivity index (χ3v) is 5.70. The molecule has 0 saturated heterocycles. The van der Waals surface area contributed by atoms with Gasteiger partial charge in [0.05, 0.1) is 16.7 Å². The zero-order valence-corrected chi connectivity index (χ0v) is 16.5. The minimum absolute atomic E-state index is 0.383. The quantitative estimate of drug-likeness (QED) is 0.620. The summed E-state index contributed by atoms with van der Waals surface area (Å²) in [4.78, 5) is 24.5. The van der Waals surface area contributed by atoms with Crippen molar-refractivity contribution in [2.24, 2.45) is 0 Å². The molecule has 0 spiro atoms. The highest BCUT2D eigenvalue weighted by atomic mass is 32.2. The summed E-state index contributed by atoms with van der Waals surface area (Å²) in [6.45, 7) is 2.32. The van der Waals surface area contributed by atoms with Gasteiger partial charge in [-0.3, -0.25) is 14.7 Å². The van der Waals surface area contributed by atoms with E-state index in [1.807, 2.05) is 52.4 Å². The number of nitrogens with zero attached hydrogens (tertiary/aromatic N) is 3. The summed E-state index contributed by atoms with van der Waals surface area (Å²) in [7, 11) is 1.46. The van der Waals surface area contributed by atoms with Crippen molar-refractivity contribution >= 4 is 35.0 Å². The fourth-order valence-corrected chi connectivity index (χ4v) is 3.93. The molecule has 140 valence electrons. The Kier molecular flexibility index (Phi) is 6.25. The highest BCUT2D eigenvalue weighted by molar-refractivity contribution is 8.00. The Morgan fingerprint density at radius 2 is 1.96 bits per heavy atom. The largest absolute Gasteiger partial charge is 0.341 e. The number of carbonyl (C=O) groups excluding carboxylic acids is 2. The average molecular weight is 402 g/mol. The van der Waals surface area contributed by atoms with E-state index in [0.29, 0.717) is 11.7 Å². The number of hydrogen-bond donors (Lipinski definition) is 2. The van der Waals surface area contributed by atoms with Crippen LogP contribution in [0.1, 0.15) is 12.5 Å². The number of thiophene rings is 1. The summed E-state index contributed by atoms with van der Waals surface area (Å²) in [6.07, 6.45) is 0. The molecule has 9 heteroatoms. The van der Waals surface area contributed by atoms with Gasteiger partial charge in [-0.2, -0.15) is 0 Å². The first-order chi connectivity index (χ1) is 13.1. The first-order valence-electron chi connectivity index (χ1n) is 8.28. The Bertz CT molecular complexity index is 909. The second-order valence-electron chi connectivity index (χ2n) is 5.68. The minimum Gasteiger partial charge on any atom is -0.341 e. The Morgan fingerprint density at radius 3 is 2.63 bits per heavy atom. The molecule has 0 fully saturated rings. The lowest BCUT2D eigenvalue weighted by Gasteiger charge is -2.13. The van der Waals surface area contributed by atoms with Crippen LogP contribution in [0.15, 0.2) is 53.0 Å². The molecule has 1 atom stereocenters. The second kappa shape index (κ2) is 8.83. The van der Waals surface area contributed by atoms with Gasteiger partial charge in [-0.15, -0.1) is 21.5 Å². The van der Waals surface area contributed by atoms with Crippen molar-refractivity contribution in [2.45, 2.75) is 23.9 Å². The summed E-state index contributed by atoms with van der Waals surface area (Å²) in [5.41, 5.74) is 1.11. The number of amides is 3. The van der Waals surface area contributed by atoms with Crippen molar-refractivity contribution in [3.8, 4) is 10.7 Å². The maximum Gasteiger partial charge on any atom is 0.321 e. The molecule has 0 radical (unpaired) electrons. The van der Waals surface area contributed by atoms with Gasteiger partial charge in [0.2, 0.25) is 5.91 Å². The van der Waals surface area contributed by atoms with Gasteiger partial charge in [0.1, 0.15) is 0 Å². The van der Waals surface area contributed by atoms with Crippen LogP contribution in [0.3, 0.4) is 0 Å². The molecule has 2 aromatic heterocycles. The van der Waals surface area contributed by atoms with Gasteiger partial charge < -0.3 is 5.32 Å². The number of nitrogens with one attached hydrogen (secondary N) is 2. The molecular formula is C18H19N5O2S2. The molecular weight excluding hydrogens is 382 g/mol. The molecule has 0 bridgehead atoms. The first-order valence-corrected chi connectivity index (χ1v) is 10.0. The molecule has 2 N–H and O–H groups in total. The third kappa shape index (κ3) is 4.75. The number of thioether (sulfide) groups is 1. The van der Waals surface area contributed by atoms with Gasteiger partial charge in [-0.1, -0.05) is 48.2 Å². The zero-order valence-electron chi connectivity index (χ0n) is 14.9. The van der Waals surface area contributed by atoms with Crippen LogP contribution in [0.25, 0.3) is 10.7 Å². The average Bonchev–Trinajstić information content (AvgIpc) is 3.33. The molecule has 3 aromatic rings. The predicted octanol–water partition coefficient (Wildman–Crippen LogP) is 2.99. The fourth-order valence-electron chi connectivity index (χ4n) is 2.36. The van der Waals surface area contributed by atoms with E-state index in [-0.39, 0.29) is 5.91 Å². The van der Waals surface area contributed by atoms with Gasteiger partial charge >= 0.3 is 6.03 Å². The Morgan fingerprint density at radius 1 is 1.19 bits per heavy atom. The monoisotopic (exact) mass is 401 g/mol. The number of urea groups is 1. The van der Waals surface area contributed by atoms with Crippen molar-refractivity contribution in [3.05, 3.63) is 53.4 Å². The zero-order chi connectivity index (χ0) is 19.2. The maximum atomic E-state index is 12.2. The van der Waals surface area contributed by atoms with Crippen LogP contribution < -0.4 is 10.6 Å². The number of rotatable bonds is 6. The molecule has 0 aliphatic rings. The molecule has 0 aliphatic heterocycles. The van der Waals surface area contributed by atoms with E-state index in [1.165, 1.54) is 18.8 Å². The number of imide groups is 1. The summed E-state index contributed by atoms with van der Waals surface area (Å²) in [6, 6.07) is 13.4. The van der Waals surface area contributed by atoms with E-state index in [0.717, 1.165) is 16.3 Å². The lowest BCUT2D eigenvalue weighted by molar-refractivity contribution is -0.119. The number of carbonyl (C=O) groups is 2. The molecule has 1 unspecified atom stereocenters. The molecule has 1 aromatic carbocycles. The number of benzene rings is 1. The van der Waals surface area contributed by atoms with Gasteiger partial charge in [-0.25, -0.2) is 4.79 Å². The van der Waals surface area contributed by atoms with E-state index in [1.54, 1.807) is 18.3 Å². The van der Waals surface area contributed by atoms with Gasteiger partial charge in [0.25, 0.3) is 0 Å². The molecule has 2 heterocycles. The summed E-state index contributed by atoms with van der Waals surface area (Å²) in [5.74, 6) is 0.376. The van der Waals surface area contributed by atoms with Crippen molar-refractivity contribution in [1.29, 1.82) is 0 Å². The normalized spacial score (nSPS) is 11.8. The molecule has 3 amide bonds. The second-order valence-corrected chi connectivity index (χ2v) is 7.94. The van der Waals surface area contributed by atoms with E-state index in [2.05, 4.69) is 20.8 Å². The number of hydrogen-bond acceptors (Lipinski definition) is 6. The van der Waals surface area contributed by atoms with E-state index >= 15 is 0 Å². The lowest BCUT2D eigenvalue weighted by atomic mass is 10.2. The van der Waals surface area contributed by atoms with Crippen LogP contribution in [-0.2, 0) is 11.3 Å². The van der Waals surface area contributed by atoms with Gasteiger partial charge in [-0.05, 0) is 23.9 Å². The van der Waals surface area contributed by atoms with Crippen molar-refractivity contribution in [1.82, 2.24) is 25.4 Å². The van der Waals surface area contributed by atoms with Crippen molar-refractivity contribution < 1.29 is 9.59 Å².